The van der Waals surface area contributed by atoms with Gasteiger partial charge in [-0.25, -0.2) is 0 Å². The number of hydrogen-bond acceptors (Lipinski definition) is 4. The van der Waals surface area contributed by atoms with Gasteiger partial charge in [0.05, 0.1) is 0 Å². The van der Waals surface area contributed by atoms with Crippen molar-refractivity contribution < 1.29 is 5.11 Å². The Morgan fingerprint density at radius 3 is 2.79 bits per heavy atom. The van der Waals surface area contributed by atoms with Gasteiger partial charge in [0.15, 0.2) is 0 Å². The predicted octanol–water partition coefficient (Wildman–Crippen LogP) is 0.693. The van der Waals surface area contributed by atoms with Crippen molar-refractivity contribution >= 4 is 0 Å². The molecule has 0 spiro atoms. The van der Waals surface area contributed by atoms with Gasteiger partial charge in [0.1, 0.15) is 0 Å². The fourth-order valence-electron chi connectivity index (χ4n) is 4.68. The predicted molar refractivity (Wildman–Crippen MR) is 77.0 cm³/mol. The quantitative estimate of drug-likeness (QED) is 0.701. The van der Waals surface area contributed by atoms with E-state index in [2.05, 4.69) is 10.2 Å². The van der Waals surface area contributed by atoms with Gasteiger partial charge in [0.25, 0.3) is 0 Å². The van der Waals surface area contributed by atoms with Crippen LogP contribution in [0.4, 0.5) is 0 Å². The Bertz CT molecular complexity index is 312. The summed E-state index contributed by atoms with van der Waals surface area (Å²) in [5.74, 6) is 0.438. The zero-order valence-electron chi connectivity index (χ0n) is 12.0. The molecule has 2 saturated heterocycles. The lowest BCUT2D eigenvalue weighted by Gasteiger charge is -2.42. The standard InChI is InChI=1S/C15H29N3O/c16-11-15(7-9-18-8-3-6-14(15)18)17-13-5-2-1-4-12(13)10-19/h12-14,17,19H,1-11,16H2. The Labute approximate surface area is 116 Å². The van der Waals surface area contributed by atoms with Crippen LogP contribution in [0.5, 0.6) is 0 Å². The van der Waals surface area contributed by atoms with Crippen LogP contribution in [0.1, 0.15) is 44.9 Å². The Balaban J connectivity index is 1.71. The first-order valence-corrected chi connectivity index (χ1v) is 8.12. The third-order valence-corrected chi connectivity index (χ3v) is 5.83. The Morgan fingerprint density at radius 1 is 1.16 bits per heavy atom. The monoisotopic (exact) mass is 267 g/mol. The SMILES string of the molecule is NCC1(NC2CCCCC2CO)CCN2CCCC21. The summed E-state index contributed by atoms with van der Waals surface area (Å²) in [6.07, 6.45) is 8.74. The number of rotatable bonds is 4. The fourth-order valence-corrected chi connectivity index (χ4v) is 4.68. The molecule has 0 aromatic carbocycles. The molecule has 4 heteroatoms. The third kappa shape index (κ3) is 2.44. The van der Waals surface area contributed by atoms with Crippen molar-refractivity contribution in [2.24, 2.45) is 11.7 Å². The van der Waals surface area contributed by atoms with Crippen LogP contribution in [0.3, 0.4) is 0 Å². The minimum atomic E-state index is 0.117. The second-order valence-corrected chi connectivity index (χ2v) is 6.78. The molecule has 4 nitrogen and oxygen atoms in total. The van der Waals surface area contributed by atoms with E-state index < -0.39 is 0 Å². The molecule has 3 fully saturated rings. The Hall–Kier alpha value is -0.160. The summed E-state index contributed by atoms with van der Waals surface area (Å²) in [7, 11) is 0. The second kappa shape index (κ2) is 5.68. The van der Waals surface area contributed by atoms with Crippen LogP contribution in [0.2, 0.25) is 0 Å². The van der Waals surface area contributed by atoms with E-state index in [-0.39, 0.29) is 5.54 Å². The van der Waals surface area contributed by atoms with Crippen molar-refractivity contribution in [3.8, 4) is 0 Å². The maximum absolute atomic E-state index is 9.60. The van der Waals surface area contributed by atoms with Gasteiger partial charge >= 0.3 is 0 Å². The molecular formula is C15H29N3O. The maximum atomic E-state index is 9.60. The largest absolute Gasteiger partial charge is 0.396 e. The molecule has 4 atom stereocenters. The van der Waals surface area contributed by atoms with Crippen molar-refractivity contribution in [3.05, 3.63) is 0 Å². The summed E-state index contributed by atoms with van der Waals surface area (Å²) in [5, 5.41) is 13.5. The molecule has 2 heterocycles. The average Bonchev–Trinajstić information content (AvgIpc) is 3.03. The number of nitrogens with zero attached hydrogens (tertiary/aromatic N) is 1. The lowest BCUT2D eigenvalue weighted by Crippen LogP contribution is -2.62. The number of aliphatic hydroxyl groups excluding tert-OH is 1. The van der Waals surface area contributed by atoms with E-state index in [1.54, 1.807) is 0 Å². The summed E-state index contributed by atoms with van der Waals surface area (Å²) in [4.78, 5) is 2.62. The van der Waals surface area contributed by atoms with Gasteiger partial charge in [-0.1, -0.05) is 12.8 Å². The van der Waals surface area contributed by atoms with E-state index in [4.69, 9.17) is 5.73 Å². The van der Waals surface area contributed by atoms with Crippen molar-refractivity contribution in [1.29, 1.82) is 0 Å². The molecule has 4 unspecified atom stereocenters. The molecule has 0 aromatic rings. The first-order chi connectivity index (χ1) is 9.29. The molecule has 110 valence electrons. The normalized spacial score (nSPS) is 43.6. The second-order valence-electron chi connectivity index (χ2n) is 6.78. The van der Waals surface area contributed by atoms with Gasteiger partial charge in [-0.3, -0.25) is 4.90 Å². The van der Waals surface area contributed by atoms with Gasteiger partial charge in [-0.15, -0.1) is 0 Å². The summed E-state index contributed by atoms with van der Waals surface area (Å²) in [6, 6.07) is 1.11. The lowest BCUT2D eigenvalue weighted by atomic mass is 9.80. The van der Waals surface area contributed by atoms with Crippen molar-refractivity contribution in [2.45, 2.75) is 62.6 Å². The van der Waals surface area contributed by atoms with Crippen LogP contribution >= 0.6 is 0 Å². The topological polar surface area (TPSA) is 61.5 Å². The maximum Gasteiger partial charge on any atom is 0.0475 e. The van der Waals surface area contributed by atoms with Gasteiger partial charge in [-0.2, -0.15) is 0 Å². The van der Waals surface area contributed by atoms with Gasteiger partial charge in [-0.05, 0) is 44.6 Å². The smallest absolute Gasteiger partial charge is 0.0475 e. The molecule has 19 heavy (non-hydrogen) atoms. The third-order valence-electron chi connectivity index (χ3n) is 5.83. The zero-order chi connectivity index (χ0) is 13.3. The number of nitrogens with one attached hydrogen (secondary N) is 1. The van der Waals surface area contributed by atoms with Crippen LogP contribution in [0.25, 0.3) is 0 Å². The van der Waals surface area contributed by atoms with Crippen LogP contribution in [-0.2, 0) is 0 Å². The lowest BCUT2D eigenvalue weighted by molar-refractivity contribution is 0.116. The molecule has 2 aliphatic heterocycles. The van der Waals surface area contributed by atoms with Gasteiger partial charge in [0.2, 0.25) is 0 Å². The fraction of sp³-hybridized carbons (Fsp3) is 1.00. The highest BCUT2D eigenvalue weighted by Gasteiger charge is 2.49. The van der Waals surface area contributed by atoms with E-state index in [9.17, 15) is 5.11 Å². The summed E-state index contributed by atoms with van der Waals surface area (Å²) in [5.41, 5.74) is 6.29. The molecule has 1 aliphatic carbocycles. The molecule has 0 amide bonds. The highest BCUT2D eigenvalue weighted by Crippen LogP contribution is 2.37. The molecule has 3 rings (SSSR count). The molecule has 0 aromatic heterocycles. The molecule has 1 saturated carbocycles. The average molecular weight is 267 g/mol. The molecule has 0 radical (unpaired) electrons. The number of aliphatic hydroxyl groups is 1. The Morgan fingerprint density at radius 2 is 2.00 bits per heavy atom. The van der Waals surface area contributed by atoms with Crippen LogP contribution < -0.4 is 11.1 Å². The van der Waals surface area contributed by atoms with Gasteiger partial charge in [0, 0.05) is 37.3 Å². The zero-order valence-corrected chi connectivity index (χ0v) is 12.0. The summed E-state index contributed by atoms with van der Waals surface area (Å²) in [6.45, 7) is 3.52. The van der Waals surface area contributed by atoms with E-state index in [0.29, 0.717) is 24.6 Å². The number of hydrogen-bond donors (Lipinski definition) is 3. The highest BCUT2D eigenvalue weighted by atomic mass is 16.3. The molecule has 4 N–H and O–H groups in total. The molecular weight excluding hydrogens is 238 g/mol. The number of nitrogens with two attached hydrogens (primary N) is 1. The van der Waals surface area contributed by atoms with E-state index in [1.807, 2.05) is 0 Å². The van der Waals surface area contributed by atoms with E-state index in [1.165, 1.54) is 58.0 Å². The number of fused-ring (bicyclic) bond motifs is 1. The van der Waals surface area contributed by atoms with Gasteiger partial charge < -0.3 is 16.2 Å². The molecule has 0 bridgehead atoms. The Kier molecular flexibility index (Phi) is 4.13. The van der Waals surface area contributed by atoms with E-state index in [0.717, 1.165) is 6.54 Å². The van der Waals surface area contributed by atoms with Crippen LogP contribution in [0.15, 0.2) is 0 Å². The van der Waals surface area contributed by atoms with Crippen molar-refractivity contribution in [3.63, 3.8) is 0 Å². The first-order valence-electron chi connectivity index (χ1n) is 8.12. The van der Waals surface area contributed by atoms with Crippen LogP contribution in [0, 0.1) is 5.92 Å². The van der Waals surface area contributed by atoms with Crippen molar-refractivity contribution in [2.75, 3.05) is 26.2 Å². The molecule has 3 aliphatic rings. The first kappa shape index (κ1) is 13.8. The van der Waals surface area contributed by atoms with Crippen molar-refractivity contribution in [1.82, 2.24) is 10.2 Å². The minimum absolute atomic E-state index is 0.117. The summed E-state index contributed by atoms with van der Waals surface area (Å²) >= 11 is 0. The minimum Gasteiger partial charge on any atom is -0.396 e. The van der Waals surface area contributed by atoms with E-state index >= 15 is 0 Å². The van der Waals surface area contributed by atoms with Crippen LogP contribution in [-0.4, -0.2) is 53.9 Å². The summed E-state index contributed by atoms with van der Waals surface area (Å²) < 4.78 is 0. The highest BCUT2D eigenvalue weighted by molar-refractivity contribution is 5.10.